The van der Waals surface area contributed by atoms with E-state index in [2.05, 4.69) is 34.5 Å². The van der Waals surface area contributed by atoms with Gasteiger partial charge in [0, 0.05) is 12.1 Å². The Kier molecular flexibility index (Phi) is 5.57. The lowest BCUT2D eigenvalue weighted by molar-refractivity contribution is 0.0952. The third kappa shape index (κ3) is 4.76. The van der Waals surface area contributed by atoms with Crippen molar-refractivity contribution < 1.29 is 4.79 Å². The Bertz CT molecular complexity index is 782. The number of benzene rings is 2. The summed E-state index contributed by atoms with van der Waals surface area (Å²) in [5, 5.41) is 7.08. The standard InChI is InChI=1S/C20H22N4O/c1-16(18-5-3-2-4-6-18)11-12-22-20(25)19-9-7-17(8-10-19)13-24-15-21-14-23-24/h2-10,14-16H,11-13H2,1H3,(H,22,25)/t16-/m0/s1. The van der Waals surface area contributed by atoms with Crippen molar-refractivity contribution in [3.05, 3.63) is 83.9 Å². The van der Waals surface area contributed by atoms with Gasteiger partial charge in [-0.3, -0.25) is 4.79 Å². The second kappa shape index (κ2) is 8.24. The number of carbonyl (C=O) groups is 1. The van der Waals surface area contributed by atoms with Crippen LogP contribution in [0, 0.1) is 0 Å². The van der Waals surface area contributed by atoms with E-state index in [1.807, 2.05) is 42.5 Å². The molecule has 1 atom stereocenters. The first-order valence-electron chi connectivity index (χ1n) is 8.47. The van der Waals surface area contributed by atoms with Crippen LogP contribution < -0.4 is 5.32 Å². The molecular weight excluding hydrogens is 312 g/mol. The SMILES string of the molecule is C[C@@H](CCNC(=O)c1ccc(Cn2cncn2)cc1)c1ccccc1. The summed E-state index contributed by atoms with van der Waals surface area (Å²) < 4.78 is 1.75. The van der Waals surface area contributed by atoms with E-state index in [1.165, 1.54) is 11.9 Å². The summed E-state index contributed by atoms with van der Waals surface area (Å²) in [6.07, 6.45) is 4.10. The van der Waals surface area contributed by atoms with Gasteiger partial charge in [0.05, 0.1) is 6.54 Å². The Morgan fingerprint density at radius 1 is 1.12 bits per heavy atom. The van der Waals surface area contributed by atoms with Crippen molar-refractivity contribution in [3.8, 4) is 0 Å². The van der Waals surface area contributed by atoms with Crippen molar-refractivity contribution in [1.29, 1.82) is 0 Å². The fourth-order valence-electron chi connectivity index (χ4n) is 2.72. The highest BCUT2D eigenvalue weighted by Crippen LogP contribution is 2.17. The molecule has 3 rings (SSSR count). The Morgan fingerprint density at radius 2 is 1.88 bits per heavy atom. The van der Waals surface area contributed by atoms with Gasteiger partial charge in [0.1, 0.15) is 12.7 Å². The Hall–Kier alpha value is -2.95. The van der Waals surface area contributed by atoms with Crippen LogP contribution in [0.5, 0.6) is 0 Å². The minimum atomic E-state index is -0.0347. The molecule has 0 aliphatic heterocycles. The number of nitrogens with one attached hydrogen (secondary N) is 1. The number of aromatic nitrogens is 3. The molecule has 25 heavy (non-hydrogen) atoms. The molecule has 5 nitrogen and oxygen atoms in total. The van der Waals surface area contributed by atoms with E-state index >= 15 is 0 Å². The normalized spacial score (nSPS) is 11.9. The molecule has 0 saturated carbocycles. The van der Waals surface area contributed by atoms with Crippen LogP contribution in [0.25, 0.3) is 0 Å². The summed E-state index contributed by atoms with van der Waals surface area (Å²) in [6.45, 7) is 3.49. The zero-order valence-electron chi connectivity index (χ0n) is 14.3. The van der Waals surface area contributed by atoms with Crippen LogP contribution in [-0.2, 0) is 6.54 Å². The van der Waals surface area contributed by atoms with Crippen LogP contribution in [0.4, 0.5) is 0 Å². The number of hydrogen-bond donors (Lipinski definition) is 1. The fourth-order valence-corrected chi connectivity index (χ4v) is 2.72. The molecule has 0 saturated heterocycles. The van der Waals surface area contributed by atoms with Crippen LogP contribution in [0.15, 0.2) is 67.3 Å². The summed E-state index contributed by atoms with van der Waals surface area (Å²) in [4.78, 5) is 16.2. The molecular formula is C20H22N4O. The monoisotopic (exact) mass is 334 g/mol. The molecule has 0 aliphatic rings. The molecule has 2 aromatic carbocycles. The first-order chi connectivity index (χ1) is 12.2. The maximum atomic E-state index is 12.3. The lowest BCUT2D eigenvalue weighted by Crippen LogP contribution is -2.25. The van der Waals surface area contributed by atoms with E-state index < -0.39 is 0 Å². The van der Waals surface area contributed by atoms with Crippen molar-refractivity contribution in [2.75, 3.05) is 6.54 Å². The van der Waals surface area contributed by atoms with Gasteiger partial charge >= 0.3 is 0 Å². The van der Waals surface area contributed by atoms with Crippen LogP contribution in [0.2, 0.25) is 0 Å². The van der Waals surface area contributed by atoms with Crippen molar-refractivity contribution in [3.63, 3.8) is 0 Å². The molecule has 0 fully saturated rings. The number of carbonyl (C=O) groups excluding carboxylic acids is 1. The average molecular weight is 334 g/mol. The van der Waals surface area contributed by atoms with Crippen molar-refractivity contribution in [2.24, 2.45) is 0 Å². The van der Waals surface area contributed by atoms with E-state index in [0.717, 1.165) is 12.0 Å². The van der Waals surface area contributed by atoms with Gasteiger partial charge in [0.25, 0.3) is 5.91 Å². The van der Waals surface area contributed by atoms with E-state index in [1.54, 1.807) is 11.0 Å². The number of amides is 1. The lowest BCUT2D eigenvalue weighted by Gasteiger charge is -2.12. The summed E-state index contributed by atoms with van der Waals surface area (Å²) in [5.74, 6) is 0.388. The molecule has 0 spiro atoms. The highest BCUT2D eigenvalue weighted by atomic mass is 16.1. The number of rotatable bonds is 7. The maximum absolute atomic E-state index is 12.3. The molecule has 1 N–H and O–H groups in total. The Balaban J connectivity index is 1.48. The van der Waals surface area contributed by atoms with Gasteiger partial charge in [-0.05, 0) is 35.6 Å². The zero-order valence-corrected chi connectivity index (χ0v) is 14.3. The molecule has 3 aromatic rings. The van der Waals surface area contributed by atoms with Gasteiger partial charge in [-0.2, -0.15) is 5.10 Å². The largest absolute Gasteiger partial charge is 0.352 e. The van der Waals surface area contributed by atoms with E-state index in [0.29, 0.717) is 24.6 Å². The first kappa shape index (κ1) is 16.9. The summed E-state index contributed by atoms with van der Waals surface area (Å²) in [5.41, 5.74) is 3.06. The summed E-state index contributed by atoms with van der Waals surface area (Å²) in [7, 11) is 0. The Morgan fingerprint density at radius 3 is 2.56 bits per heavy atom. The van der Waals surface area contributed by atoms with E-state index in [-0.39, 0.29) is 5.91 Å². The highest BCUT2D eigenvalue weighted by Gasteiger charge is 2.08. The number of hydrogen-bond acceptors (Lipinski definition) is 3. The molecule has 0 aliphatic carbocycles. The van der Waals surface area contributed by atoms with Gasteiger partial charge in [-0.15, -0.1) is 0 Å². The Labute approximate surface area is 147 Å². The fraction of sp³-hybridized carbons (Fsp3) is 0.250. The second-order valence-electron chi connectivity index (χ2n) is 6.15. The first-order valence-corrected chi connectivity index (χ1v) is 8.47. The molecule has 5 heteroatoms. The van der Waals surface area contributed by atoms with Gasteiger partial charge in [-0.1, -0.05) is 49.4 Å². The average Bonchev–Trinajstić information content (AvgIpc) is 3.16. The molecule has 0 bridgehead atoms. The van der Waals surface area contributed by atoms with Crippen molar-refractivity contribution >= 4 is 5.91 Å². The third-order valence-electron chi connectivity index (χ3n) is 4.26. The quantitative estimate of drug-likeness (QED) is 0.721. The van der Waals surface area contributed by atoms with E-state index in [9.17, 15) is 4.79 Å². The van der Waals surface area contributed by atoms with Crippen LogP contribution in [0.3, 0.4) is 0 Å². The molecule has 1 aromatic heterocycles. The number of nitrogens with zero attached hydrogens (tertiary/aromatic N) is 3. The molecule has 0 radical (unpaired) electrons. The van der Waals surface area contributed by atoms with Crippen LogP contribution >= 0.6 is 0 Å². The van der Waals surface area contributed by atoms with Crippen LogP contribution in [-0.4, -0.2) is 27.2 Å². The van der Waals surface area contributed by atoms with Gasteiger partial charge < -0.3 is 5.32 Å². The molecule has 0 unspecified atom stereocenters. The second-order valence-corrected chi connectivity index (χ2v) is 6.15. The predicted molar refractivity (Wildman–Crippen MR) is 97.4 cm³/mol. The van der Waals surface area contributed by atoms with Gasteiger partial charge in [0.15, 0.2) is 0 Å². The topological polar surface area (TPSA) is 59.8 Å². The zero-order chi connectivity index (χ0) is 17.5. The lowest BCUT2D eigenvalue weighted by atomic mass is 9.98. The van der Waals surface area contributed by atoms with Gasteiger partial charge in [0.2, 0.25) is 0 Å². The van der Waals surface area contributed by atoms with Gasteiger partial charge in [-0.25, -0.2) is 9.67 Å². The molecule has 1 heterocycles. The smallest absolute Gasteiger partial charge is 0.251 e. The minimum Gasteiger partial charge on any atom is -0.352 e. The summed E-state index contributed by atoms with van der Waals surface area (Å²) in [6, 6.07) is 18.0. The highest BCUT2D eigenvalue weighted by molar-refractivity contribution is 5.94. The van der Waals surface area contributed by atoms with E-state index in [4.69, 9.17) is 0 Å². The minimum absolute atomic E-state index is 0.0347. The van der Waals surface area contributed by atoms with Crippen molar-refractivity contribution in [2.45, 2.75) is 25.8 Å². The molecule has 1 amide bonds. The molecule has 128 valence electrons. The van der Waals surface area contributed by atoms with Crippen molar-refractivity contribution in [1.82, 2.24) is 20.1 Å². The summed E-state index contributed by atoms with van der Waals surface area (Å²) >= 11 is 0. The third-order valence-corrected chi connectivity index (χ3v) is 4.26. The van der Waals surface area contributed by atoms with Crippen LogP contribution in [0.1, 0.15) is 40.7 Å². The predicted octanol–water partition coefficient (Wildman–Crippen LogP) is 3.25. The maximum Gasteiger partial charge on any atom is 0.251 e.